The molecular formula is C22H23ClN4O2S. The molecule has 0 saturated carbocycles. The van der Waals surface area contributed by atoms with Crippen LogP contribution in [-0.4, -0.2) is 51.9 Å². The van der Waals surface area contributed by atoms with E-state index >= 15 is 0 Å². The minimum atomic E-state index is -0.397. The maximum atomic E-state index is 13.4. The van der Waals surface area contributed by atoms with Crippen molar-refractivity contribution >= 4 is 29.3 Å². The van der Waals surface area contributed by atoms with Gasteiger partial charge in [0, 0.05) is 30.2 Å². The molecule has 30 heavy (non-hydrogen) atoms. The van der Waals surface area contributed by atoms with Crippen molar-refractivity contribution in [1.29, 1.82) is 0 Å². The normalized spacial score (nSPS) is 15.2. The van der Waals surface area contributed by atoms with Crippen LogP contribution in [-0.2, 0) is 16.1 Å². The van der Waals surface area contributed by atoms with Gasteiger partial charge in [-0.3, -0.25) is 4.79 Å². The number of benzene rings is 2. The van der Waals surface area contributed by atoms with Crippen molar-refractivity contribution in [2.45, 2.75) is 23.9 Å². The molecule has 0 N–H and O–H groups in total. The molecule has 1 saturated heterocycles. The van der Waals surface area contributed by atoms with Gasteiger partial charge in [-0.2, -0.15) is 0 Å². The molecule has 1 atom stereocenters. The van der Waals surface area contributed by atoms with Crippen molar-refractivity contribution in [1.82, 2.24) is 19.7 Å². The number of morpholine rings is 1. The Balaban J connectivity index is 1.67. The van der Waals surface area contributed by atoms with Crippen LogP contribution in [0.1, 0.15) is 17.7 Å². The van der Waals surface area contributed by atoms with Crippen LogP contribution in [0.5, 0.6) is 0 Å². The average Bonchev–Trinajstić information content (AvgIpc) is 3.21. The van der Waals surface area contributed by atoms with Crippen molar-refractivity contribution in [2.24, 2.45) is 0 Å². The molecular weight excluding hydrogens is 420 g/mol. The molecule has 0 bridgehead atoms. The summed E-state index contributed by atoms with van der Waals surface area (Å²) in [5.74, 6) is 0.817. The standard InChI is InChI=1S/C22H23ClN4O2S/c1-2-27-20(17-9-6-10-18(23)15-17)24-25-22(27)30-19(16-7-4-3-5-8-16)21(28)26-11-13-29-14-12-26/h3-10,15,19H,2,11-14H2,1H3. The average molecular weight is 443 g/mol. The molecule has 2 aromatic carbocycles. The third-order valence-corrected chi connectivity index (χ3v) is 6.45. The van der Waals surface area contributed by atoms with Crippen LogP contribution in [0.3, 0.4) is 0 Å². The fourth-order valence-corrected chi connectivity index (χ4v) is 4.82. The molecule has 1 aliphatic rings. The quantitative estimate of drug-likeness (QED) is 0.532. The molecule has 1 amide bonds. The largest absolute Gasteiger partial charge is 0.378 e. The monoisotopic (exact) mass is 442 g/mol. The first-order valence-electron chi connectivity index (χ1n) is 9.94. The van der Waals surface area contributed by atoms with Gasteiger partial charge in [0.1, 0.15) is 5.25 Å². The van der Waals surface area contributed by atoms with Crippen LogP contribution in [0.15, 0.2) is 59.8 Å². The zero-order valence-electron chi connectivity index (χ0n) is 16.7. The highest BCUT2D eigenvalue weighted by atomic mass is 35.5. The zero-order chi connectivity index (χ0) is 20.9. The first-order valence-corrected chi connectivity index (χ1v) is 11.2. The lowest BCUT2D eigenvalue weighted by atomic mass is 10.1. The van der Waals surface area contributed by atoms with Crippen LogP contribution >= 0.6 is 23.4 Å². The number of thioether (sulfide) groups is 1. The molecule has 3 aromatic rings. The molecule has 8 heteroatoms. The van der Waals surface area contributed by atoms with E-state index in [0.717, 1.165) is 17.0 Å². The molecule has 1 unspecified atom stereocenters. The lowest BCUT2D eigenvalue weighted by Gasteiger charge is -2.30. The maximum absolute atomic E-state index is 13.4. The van der Waals surface area contributed by atoms with Gasteiger partial charge in [-0.25, -0.2) is 0 Å². The summed E-state index contributed by atoms with van der Waals surface area (Å²) in [7, 11) is 0. The topological polar surface area (TPSA) is 60.2 Å². The van der Waals surface area contributed by atoms with Gasteiger partial charge in [0.2, 0.25) is 5.91 Å². The number of hydrogen-bond acceptors (Lipinski definition) is 5. The Labute approximate surface area is 185 Å². The zero-order valence-corrected chi connectivity index (χ0v) is 18.3. The Morgan fingerprint density at radius 3 is 2.60 bits per heavy atom. The van der Waals surface area contributed by atoms with E-state index in [-0.39, 0.29) is 5.91 Å². The fourth-order valence-electron chi connectivity index (χ4n) is 3.45. The van der Waals surface area contributed by atoms with E-state index in [2.05, 4.69) is 10.2 Å². The molecule has 0 radical (unpaired) electrons. The second-order valence-corrected chi connectivity index (χ2v) is 8.42. The summed E-state index contributed by atoms with van der Waals surface area (Å²) >= 11 is 7.60. The molecule has 4 rings (SSSR count). The van der Waals surface area contributed by atoms with Gasteiger partial charge in [-0.1, -0.05) is 65.8 Å². The number of halogens is 1. The minimum absolute atomic E-state index is 0.0736. The smallest absolute Gasteiger partial charge is 0.240 e. The SMILES string of the molecule is CCn1c(SC(C(=O)N2CCOCC2)c2ccccc2)nnc1-c1cccc(Cl)c1. The Morgan fingerprint density at radius 2 is 1.90 bits per heavy atom. The molecule has 6 nitrogen and oxygen atoms in total. The van der Waals surface area contributed by atoms with Crippen LogP contribution in [0, 0.1) is 0 Å². The minimum Gasteiger partial charge on any atom is -0.378 e. The number of carbonyl (C=O) groups is 1. The van der Waals surface area contributed by atoms with Crippen molar-refractivity contribution in [3.05, 3.63) is 65.2 Å². The number of rotatable bonds is 6. The predicted molar refractivity (Wildman–Crippen MR) is 119 cm³/mol. The summed E-state index contributed by atoms with van der Waals surface area (Å²) in [6.07, 6.45) is 0. The Bertz CT molecular complexity index is 1010. The van der Waals surface area contributed by atoms with E-state index in [1.54, 1.807) is 0 Å². The van der Waals surface area contributed by atoms with Gasteiger partial charge in [0.05, 0.1) is 13.2 Å². The summed E-state index contributed by atoms with van der Waals surface area (Å²) in [6.45, 7) is 5.09. The number of amides is 1. The van der Waals surface area contributed by atoms with E-state index in [4.69, 9.17) is 16.3 Å². The van der Waals surface area contributed by atoms with Gasteiger partial charge in [0.15, 0.2) is 11.0 Å². The third kappa shape index (κ3) is 4.53. The third-order valence-electron chi connectivity index (χ3n) is 4.99. The molecule has 0 aliphatic carbocycles. The van der Waals surface area contributed by atoms with E-state index < -0.39 is 5.25 Å². The second kappa shape index (κ2) is 9.64. The summed E-state index contributed by atoms with van der Waals surface area (Å²) in [6, 6.07) is 17.4. The number of aromatic nitrogens is 3. The van der Waals surface area contributed by atoms with Crippen molar-refractivity contribution in [3.8, 4) is 11.4 Å². The highest BCUT2D eigenvalue weighted by molar-refractivity contribution is 8.00. The molecule has 0 spiro atoms. The molecule has 1 fully saturated rings. The van der Waals surface area contributed by atoms with Gasteiger partial charge < -0.3 is 14.2 Å². The van der Waals surface area contributed by atoms with Crippen LogP contribution < -0.4 is 0 Å². The predicted octanol–water partition coefficient (Wildman–Crippen LogP) is 4.31. The highest BCUT2D eigenvalue weighted by Crippen LogP contribution is 2.37. The molecule has 1 aliphatic heterocycles. The summed E-state index contributed by atoms with van der Waals surface area (Å²) in [5.41, 5.74) is 1.86. The Hall–Kier alpha value is -2.35. The lowest BCUT2D eigenvalue weighted by Crippen LogP contribution is -2.42. The number of nitrogens with zero attached hydrogens (tertiary/aromatic N) is 4. The lowest BCUT2D eigenvalue weighted by molar-refractivity contribution is -0.134. The molecule has 156 valence electrons. The fraction of sp³-hybridized carbons (Fsp3) is 0.318. The van der Waals surface area contributed by atoms with E-state index in [9.17, 15) is 4.79 Å². The van der Waals surface area contributed by atoms with E-state index in [0.29, 0.717) is 43.0 Å². The summed E-state index contributed by atoms with van der Waals surface area (Å²) in [4.78, 5) is 15.3. The first-order chi connectivity index (χ1) is 14.7. The van der Waals surface area contributed by atoms with Gasteiger partial charge >= 0.3 is 0 Å². The highest BCUT2D eigenvalue weighted by Gasteiger charge is 2.30. The maximum Gasteiger partial charge on any atom is 0.240 e. The number of carbonyl (C=O) groups excluding carboxylic acids is 1. The van der Waals surface area contributed by atoms with Crippen molar-refractivity contribution < 1.29 is 9.53 Å². The first kappa shape index (κ1) is 20.9. The van der Waals surface area contributed by atoms with Crippen LogP contribution in [0.2, 0.25) is 5.02 Å². The number of ether oxygens (including phenoxy) is 1. The van der Waals surface area contributed by atoms with E-state index in [1.165, 1.54) is 11.8 Å². The molecule has 2 heterocycles. The second-order valence-electron chi connectivity index (χ2n) is 6.91. The number of hydrogen-bond donors (Lipinski definition) is 0. The van der Waals surface area contributed by atoms with Crippen molar-refractivity contribution in [3.63, 3.8) is 0 Å². The van der Waals surface area contributed by atoms with Gasteiger partial charge in [-0.05, 0) is 24.6 Å². The van der Waals surface area contributed by atoms with Gasteiger partial charge in [0.25, 0.3) is 0 Å². The summed E-state index contributed by atoms with van der Waals surface area (Å²) in [5, 5.41) is 9.79. The summed E-state index contributed by atoms with van der Waals surface area (Å²) < 4.78 is 7.44. The van der Waals surface area contributed by atoms with Crippen molar-refractivity contribution in [2.75, 3.05) is 26.3 Å². The van der Waals surface area contributed by atoms with Crippen LogP contribution in [0.4, 0.5) is 0 Å². The van der Waals surface area contributed by atoms with E-state index in [1.807, 2.05) is 71.0 Å². The van der Waals surface area contributed by atoms with Gasteiger partial charge in [-0.15, -0.1) is 10.2 Å². The van der Waals surface area contributed by atoms with Crippen LogP contribution in [0.25, 0.3) is 11.4 Å². The Kier molecular flexibility index (Phi) is 6.72. The molecule has 1 aromatic heterocycles. The Morgan fingerprint density at radius 1 is 1.13 bits per heavy atom.